The molecule has 0 spiro atoms. The lowest BCUT2D eigenvalue weighted by atomic mass is 10.1. The van der Waals surface area contributed by atoms with Gasteiger partial charge in [-0.05, 0) is 27.6 Å². The number of halogens is 1. The van der Waals surface area contributed by atoms with E-state index in [-0.39, 0.29) is 6.03 Å². The Morgan fingerprint density at radius 1 is 1.04 bits per heavy atom. The van der Waals surface area contributed by atoms with Crippen molar-refractivity contribution >= 4 is 22.0 Å². The molecule has 0 unspecified atom stereocenters. The van der Waals surface area contributed by atoms with Gasteiger partial charge in [0.15, 0.2) is 11.5 Å². The zero-order chi connectivity index (χ0) is 18.5. The topological polar surface area (TPSA) is 54.5 Å². The molecule has 2 saturated heterocycles. The Hall–Kier alpha value is -1.51. The van der Waals surface area contributed by atoms with Gasteiger partial charge in [-0.2, -0.15) is 0 Å². The molecular weight excluding hydrogens is 402 g/mol. The fourth-order valence-corrected chi connectivity index (χ4v) is 3.96. The third kappa shape index (κ3) is 4.24. The lowest BCUT2D eigenvalue weighted by Gasteiger charge is -2.38. The summed E-state index contributed by atoms with van der Waals surface area (Å²) in [7, 11) is 3.27. The zero-order valence-corrected chi connectivity index (χ0v) is 17.0. The molecule has 2 amide bonds. The van der Waals surface area contributed by atoms with Crippen molar-refractivity contribution in [3.8, 4) is 11.5 Å². The maximum Gasteiger partial charge on any atom is 0.320 e. The Balaban J connectivity index is 1.56. The van der Waals surface area contributed by atoms with Crippen LogP contribution in [0, 0.1) is 0 Å². The minimum atomic E-state index is 0.139. The summed E-state index contributed by atoms with van der Waals surface area (Å²) >= 11 is 3.63. The number of morpholine rings is 1. The fraction of sp³-hybridized carbons (Fsp3) is 0.611. The highest BCUT2D eigenvalue weighted by molar-refractivity contribution is 9.10. The van der Waals surface area contributed by atoms with E-state index in [2.05, 4.69) is 26.9 Å². The maximum atomic E-state index is 12.6. The molecule has 0 bridgehead atoms. The van der Waals surface area contributed by atoms with Crippen LogP contribution in [0.15, 0.2) is 16.6 Å². The first-order valence-electron chi connectivity index (χ1n) is 8.87. The Morgan fingerprint density at radius 3 is 2.31 bits per heavy atom. The number of methoxy groups -OCH3 is 2. The largest absolute Gasteiger partial charge is 0.493 e. The van der Waals surface area contributed by atoms with Crippen LogP contribution in [0.1, 0.15) is 5.56 Å². The van der Waals surface area contributed by atoms with Crippen LogP contribution in [-0.2, 0) is 11.3 Å². The Kier molecular flexibility index (Phi) is 6.61. The monoisotopic (exact) mass is 427 g/mol. The summed E-state index contributed by atoms with van der Waals surface area (Å²) in [6.45, 7) is 6.68. The summed E-state index contributed by atoms with van der Waals surface area (Å²) in [5.41, 5.74) is 1.15. The standard InChI is InChI=1S/C18H26BrN3O4/c1-24-15-4-3-14(16(19)17(15)25-2)13-20-5-7-21(8-6-20)18(23)22-9-11-26-12-10-22/h3-4H,5-13H2,1-2H3. The van der Waals surface area contributed by atoms with Crippen molar-refractivity contribution in [1.82, 2.24) is 14.7 Å². The molecule has 7 nitrogen and oxygen atoms in total. The summed E-state index contributed by atoms with van der Waals surface area (Å²) in [4.78, 5) is 18.8. The van der Waals surface area contributed by atoms with Crippen LogP contribution >= 0.6 is 15.9 Å². The SMILES string of the molecule is COc1ccc(CN2CCN(C(=O)N3CCOCC3)CC2)c(Br)c1OC. The van der Waals surface area contributed by atoms with Crippen LogP contribution in [0.2, 0.25) is 0 Å². The molecule has 144 valence electrons. The molecule has 26 heavy (non-hydrogen) atoms. The normalized spacial score (nSPS) is 18.7. The van der Waals surface area contributed by atoms with E-state index >= 15 is 0 Å². The van der Waals surface area contributed by atoms with Crippen molar-refractivity contribution in [3.63, 3.8) is 0 Å². The molecule has 0 aliphatic carbocycles. The summed E-state index contributed by atoms with van der Waals surface area (Å²) in [6.07, 6.45) is 0. The van der Waals surface area contributed by atoms with Crippen molar-refractivity contribution < 1.29 is 19.0 Å². The molecule has 0 N–H and O–H groups in total. The van der Waals surface area contributed by atoms with Crippen LogP contribution in [-0.4, -0.2) is 87.4 Å². The lowest BCUT2D eigenvalue weighted by Crippen LogP contribution is -2.54. The predicted molar refractivity (Wildman–Crippen MR) is 102 cm³/mol. The Labute approximate surface area is 162 Å². The predicted octanol–water partition coefficient (Wildman–Crippen LogP) is 2.04. The summed E-state index contributed by atoms with van der Waals surface area (Å²) < 4.78 is 17.0. The van der Waals surface area contributed by atoms with Crippen molar-refractivity contribution in [2.24, 2.45) is 0 Å². The number of urea groups is 1. The number of amides is 2. The molecule has 8 heteroatoms. The molecule has 1 aromatic rings. The van der Waals surface area contributed by atoms with Gasteiger partial charge in [-0.15, -0.1) is 0 Å². The molecule has 1 aromatic carbocycles. The summed E-state index contributed by atoms with van der Waals surface area (Å²) in [5, 5.41) is 0. The van der Waals surface area contributed by atoms with E-state index in [1.807, 2.05) is 15.9 Å². The van der Waals surface area contributed by atoms with Crippen LogP contribution in [0.25, 0.3) is 0 Å². The Morgan fingerprint density at radius 2 is 1.69 bits per heavy atom. The van der Waals surface area contributed by atoms with E-state index in [1.54, 1.807) is 14.2 Å². The molecule has 2 fully saturated rings. The van der Waals surface area contributed by atoms with Gasteiger partial charge in [0.2, 0.25) is 0 Å². The minimum Gasteiger partial charge on any atom is -0.493 e. The van der Waals surface area contributed by atoms with Gasteiger partial charge in [0.05, 0.1) is 31.9 Å². The molecule has 3 rings (SSSR count). The molecule has 2 aliphatic rings. The van der Waals surface area contributed by atoms with Gasteiger partial charge in [-0.3, -0.25) is 4.90 Å². The number of carbonyl (C=O) groups is 1. The van der Waals surface area contributed by atoms with Crippen LogP contribution in [0.5, 0.6) is 11.5 Å². The minimum absolute atomic E-state index is 0.139. The molecule has 2 heterocycles. The number of hydrogen-bond donors (Lipinski definition) is 0. The van der Waals surface area contributed by atoms with Gasteiger partial charge in [0.25, 0.3) is 0 Å². The first-order chi connectivity index (χ1) is 12.6. The number of carbonyl (C=O) groups excluding carboxylic acids is 1. The van der Waals surface area contributed by atoms with Gasteiger partial charge in [0, 0.05) is 45.8 Å². The third-order valence-corrected chi connectivity index (χ3v) is 5.75. The zero-order valence-electron chi connectivity index (χ0n) is 15.4. The van der Waals surface area contributed by atoms with E-state index in [4.69, 9.17) is 14.2 Å². The molecule has 2 aliphatic heterocycles. The van der Waals surface area contributed by atoms with Crippen LogP contribution in [0.4, 0.5) is 4.79 Å². The van der Waals surface area contributed by atoms with E-state index in [0.717, 1.165) is 42.8 Å². The fourth-order valence-electron chi connectivity index (χ4n) is 3.34. The number of ether oxygens (including phenoxy) is 3. The third-order valence-electron chi connectivity index (χ3n) is 4.88. The quantitative estimate of drug-likeness (QED) is 0.735. The highest BCUT2D eigenvalue weighted by Gasteiger charge is 2.26. The van der Waals surface area contributed by atoms with Gasteiger partial charge in [-0.1, -0.05) is 6.07 Å². The summed E-state index contributed by atoms with van der Waals surface area (Å²) in [6, 6.07) is 4.12. The smallest absolute Gasteiger partial charge is 0.320 e. The maximum absolute atomic E-state index is 12.6. The van der Waals surface area contributed by atoms with Gasteiger partial charge >= 0.3 is 6.03 Å². The number of rotatable bonds is 4. The second kappa shape index (κ2) is 8.92. The van der Waals surface area contributed by atoms with Crippen molar-refractivity contribution in [1.29, 1.82) is 0 Å². The van der Waals surface area contributed by atoms with Crippen molar-refractivity contribution in [3.05, 3.63) is 22.2 Å². The van der Waals surface area contributed by atoms with Gasteiger partial charge in [0.1, 0.15) is 0 Å². The Bertz CT molecular complexity index is 629. The average Bonchev–Trinajstić information content (AvgIpc) is 2.70. The molecule has 0 radical (unpaired) electrons. The number of hydrogen-bond acceptors (Lipinski definition) is 5. The van der Waals surface area contributed by atoms with Crippen LogP contribution in [0.3, 0.4) is 0 Å². The molecule has 0 aromatic heterocycles. The number of benzene rings is 1. The molecule has 0 atom stereocenters. The van der Waals surface area contributed by atoms with E-state index < -0.39 is 0 Å². The van der Waals surface area contributed by atoms with Crippen molar-refractivity contribution in [2.75, 3.05) is 66.7 Å². The van der Waals surface area contributed by atoms with E-state index in [9.17, 15) is 4.79 Å². The first kappa shape index (κ1) is 19.3. The second-order valence-electron chi connectivity index (χ2n) is 6.42. The van der Waals surface area contributed by atoms with Crippen molar-refractivity contribution in [2.45, 2.75) is 6.54 Å². The van der Waals surface area contributed by atoms with Gasteiger partial charge in [-0.25, -0.2) is 4.79 Å². The second-order valence-corrected chi connectivity index (χ2v) is 7.21. The van der Waals surface area contributed by atoms with Crippen LogP contribution < -0.4 is 9.47 Å². The highest BCUT2D eigenvalue weighted by Crippen LogP contribution is 2.38. The van der Waals surface area contributed by atoms with E-state index in [0.29, 0.717) is 37.8 Å². The summed E-state index contributed by atoms with van der Waals surface area (Å²) in [5.74, 6) is 1.43. The number of nitrogens with zero attached hydrogens (tertiary/aromatic N) is 3. The molecule has 0 saturated carbocycles. The molecular formula is C18H26BrN3O4. The lowest BCUT2D eigenvalue weighted by molar-refractivity contribution is 0.0373. The average molecular weight is 428 g/mol. The van der Waals surface area contributed by atoms with E-state index in [1.165, 1.54) is 0 Å². The highest BCUT2D eigenvalue weighted by atomic mass is 79.9. The number of piperazine rings is 1. The van der Waals surface area contributed by atoms with Gasteiger partial charge < -0.3 is 24.0 Å². The first-order valence-corrected chi connectivity index (χ1v) is 9.66.